The summed E-state index contributed by atoms with van der Waals surface area (Å²) in [5.74, 6) is 1.62. The van der Waals surface area contributed by atoms with E-state index in [2.05, 4.69) is 19.9 Å². The number of fused-ring (bicyclic) bond motifs is 1. The fraction of sp³-hybridized carbons (Fsp3) is 0.455. The Morgan fingerprint density at radius 2 is 1.91 bits per heavy atom. The zero-order valence-electron chi connectivity index (χ0n) is 18.0. The quantitative estimate of drug-likeness (QED) is 0.643. The van der Waals surface area contributed by atoms with Gasteiger partial charge in [0.2, 0.25) is 5.91 Å². The number of carbonyl (C=O) groups is 1. The highest BCUT2D eigenvalue weighted by Crippen LogP contribution is 2.27. The first-order valence-electron chi connectivity index (χ1n) is 10.9. The number of nitrogens with zero attached hydrogens (tertiary/aromatic N) is 5. The number of imidazole rings is 1. The zero-order chi connectivity index (χ0) is 22.3. The van der Waals surface area contributed by atoms with Crippen LogP contribution in [0.5, 0.6) is 0 Å². The summed E-state index contributed by atoms with van der Waals surface area (Å²) in [5, 5.41) is 0. The Bertz CT molecular complexity index is 1270. The average Bonchev–Trinajstić information content (AvgIpc) is 3.48. The van der Waals surface area contributed by atoms with Crippen LogP contribution in [0.4, 0.5) is 5.82 Å². The van der Waals surface area contributed by atoms with Crippen molar-refractivity contribution in [3.05, 3.63) is 30.6 Å². The van der Waals surface area contributed by atoms with Gasteiger partial charge in [0.1, 0.15) is 17.2 Å². The molecule has 168 valence electrons. The van der Waals surface area contributed by atoms with Crippen molar-refractivity contribution in [1.29, 1.82) is 0 Å². The lowest BCUT2D eigenvalue weighted by molar-refractivity contribution is -0.134. The van der Waals surface area contributed by atoms with Gasteiger partial charge in [-0.2, -0.15) is 0 Å². The minimum absolute atomic E-state index is 0.0153. The summed E-state index contributed by atoms with van der Waals surface area (Å²) >= 11 is 0. The highest BCUT2D eigenvalue weighted by atomic mass is 32.2. The van der Waals surface area contributed by atoms with E-state index in [1.807, 2.05) is 17.0 Å². The largest absolute Gasteiger partial charge is 0.356 e. The van der Waals surface area contributed by atoms with Crippen LogP contribution in [0.1, 0.15) is 25.7 Å². The van der Waals surface area contributed by atoms with Gasteiger partial charge in [-0.05, 0) is 43.9 Å². The van der Waals surface area contributed by atoms with Gasteiger partial charge in [0.15, 0.2) is 15.5 Å². The molecule has 1 atom stereocenters. The molecule has 2 fully saturated rings. The van der Waals surface area contributed by atoms with Crippen molar-refractivity contribution in [3.8, 4) is 11.4 Å². The second-order valence-electron chi connectivity index (χ2n) is 8.62. The van der Waals surface area contributed by atoms with Gasteiger partial charge in [-0.1, -0.05) is 0 Å². The number of piperidine rings is 1. The van der Waals surface area contributed by atoms with Crippen LogP contribution < -0.4 is 4.90 Å². The number of likely N-dealkylation sites (tertiary alicyclic amines) is 1. The van der Waals surface area contributed by atoms with Crippen LogP contribution in [-0.4, -0.2) is 71.6 Å². The molecule has 0 unspecified atom stereocenters. The molecular weight excluding hydrogens is 428 g/mol. The number of amides is 1. The second-order valence-corrected chi connectivity index (χ2v) is 10.6. The van der Waals surface area contributed by atoms with Crippen LogP contribution >= 0.6 is 0 Å². The lowest BCUT2D eigenvalue weighted by Gasteiger charge is -2.34. The van der Waals surface area contributed by atoms with E-state index in [1.165, 1.54) is 6.20 Å². The minimum Gasteiger partial charge on any atom is -0.356 e. The normalized spacial score (nSPS) is 19.6. The van der Waals surface area contributed by atoms with E-state index >= 15 is 0 Å². The molecule has 3 aromatic heterocycles. The summed E-state index contributed by atoms with van der Waals surface area (Å²) in [6.07, 6.45) is 8.14. The Morgan fingerprint density at radius 3 is 2.69 bits per heavy atom. The fourth-order valence-corrected chi connectivity index (χ4v) is 5.12. The molecule has 10 heteroatoms. The maximum Gasteiger partial charge on any atom is 0.227 e. The SMILES string of the molecule is CS(=O)(=O)c1cncc(-c2nc3ccc(N4CCC[C@@H](C(=O)N5CCCC5)C4)nc3[nH]2)c1. The van der Waals surface area contributed by atoms with E-state index in [4.69, 9.17) is 4.98 Å². The zero-order valence-corrected chi connectivity index (χ0v) is 18.8. The molecule has 2 saturated heterocycles. The summed E-state index contributed by atoms with van der Waals surface area (Å²) in [6.45, 7) is 3.30. The smallest absolute Gasteiger partial charge is 0.227 e. The van der Waals surface area contributed by atoms with E-state index in [0.29, 0.717) is 29.1 Å². The van der Waals surface area contributed by atoms with Crippen LogP contribution in [0.3, 0.4) is 0 Å². The summed E-state index contributed by atoms with van der Waals surface area (Å²) in [7, 11) is -3.36. The highest BCUT2D eigenvalue weighted by molar-refractivity contribution is 7.90. The molecule has 2 aliphatic rings. The minimum atomic E-state index is -3.36. The third-order valence-electron chi connectivity index (χ3n) is 6.26. The standard InChI is InChI=1S/C22H26N6O3S/c1-32(30,31)17-11-16(12-23-13-17)20-24-18-6-7-19(25-21(18)26-20)28-10-4-5-15(14-28)22(29)27-8-2-3-9-27/h6-7,11-13,15H,2-5,8-10,14H2,1H3,(H,24,25,26)/t15-/m1/s1. The predicted molar refractivity (Wildman–Crippen MR) is 121 cm³/mol. The lowest BCUT2D eigenvalue weighted by atomic mass is 9.96. The molecule has 0 saturated carbocycles. The van der Waals surface area contributed by atoms with Crippen molar-refractivity contribution < 1.29 is 13.2 Å². The van der Waals surface area contributed by atoms with E-state index < -0.39 is 9.84 Å². The molecule has 0 radical (unpaired) electrons. The van der Waals surface area contributed by atoms with Crippen molar-refractivity contribution in [3.63, 3.8) is 0 Å². The van der Waals surface area contributed by atoms with Gasteiger partial charge in [0.05, 0.1) is 10.8 Å². The Hall–Kier alpha value is -3.01. The first-order valence-corrected chi connectivity index (χ1v) is 12.8. The van der Waals surface area contributed by atoms with Crippen molar-refractivity contribution in [2.24, 2.45) is 5.92 Å². The third-order valence-corrected chi connectivity index (χ3v) is 7.33. The molecule has 0 aliphatic carbocycles. The number of rotatable bonds is 4. The highest BCUT2D eigenvalue weighted by Gasteiger charge is 2.31. The molecule has 9 nitrogen and oxygen atoms in total. The monoisotopic (exact) mass is 454 g/mol. The number of H-pyrrole nitrogens is 1. The predicted octanol–water partition coefficient (Wildman–Crippen LogP) is 2.26. The number of aromatic nitrogens is 4. The van der Waals surface area contributed by atoms with Gasteiger partial charge in [0, 0.05) is 50.4 Å². The van der Waals surface area contributed by atoms with E-state index in [0.717, 1.165) is 57.4 Å². The van der Waals surface area contributed by atoms with Crippen LogP contribution in [0, 0.1) is 5.92 Å². The summed E-state index contributed by atoms with van der Waals surface area (Å²) in [5.41, 5.74) is 1.90. The molecule has 5 rings (SSSR count). The van der Waals surface area contributed by atoms with Gasteiger partial charge >= 0.3 is 0 Å². The van der Waals surface area contributed by atoms with Gasteiger partial charge < -0.3 is 14.8 Å². The van der Waals surface area contributed by atoms with Gasteiger partial charge in [0.25, 0.3) is 0 Å². The number of pyridine rings is 2. The maximum absolute atomic E-state index is 12.9. The summed E-state index contributed by atoms with van der Waals surface area (Å²) in [6, 6.07) is 5.39. The lowest BCUT2D eigenvalue weighted by Crippen LogP contribution is -2.44. The number of nitrogens with one attached hydrogen (secondary N) is 1. The topological polar surface area (TPSA) is 112 Å². The molecule has 0 bridgehead atoms. The van der Waals surface area contributed by atoms with E-state index in [1.54, 1.807) is 12.3 Å². The first kappa shape index (κ1) is 20.9. The van der Waals surface area contributed by atoms with Gasteiger partial charge in [-0.25, -0.2) is 18.4 Å². The molecule has 0 aromatic carbocycles. The van der Waals surface area contributed by atoms with Crippen molar-refractivity contribution >= 4 is 32.7 Å². The van der Waals surface area contributed by atoms with Gasteiger partial charge in [-0.3, -0.25) is 9.78 Å². The summed E-state index contributed by atoms with van der Waals surface area (Å²) < 4.78 is 23.7. The van der Waals surface area contributed by atoms with Gasteiger partial charge in [-0.15, -0.1) is 0 Å². The molecule has 3 aromatic rings. The molecular formula is C22H26N6O3S. The van der Waals surface area contributed by atoms with E-state index in [9.17, 15) is 13.2 Å². The first-order chi connectivity index (χ1) is 15.4. The molecule has 32 heavy (non-hydrogen) atoms. The number of carbonyl (C=O) groups excluding carboxylic acids is 1. The third kappa shape index (κ3) is 4.06. The van der Waals surface area contributed by atoms with Crippen LogP contribution in [0.25, 0.3) is 22.6 Å². The fourth-order valence-electron chi connectivity index (χ4n) is 4.53. The molecule has 2 aliphatic heterocycles. The second kappa shape index (κ2) is 8.16. The molecule has 0 spiro atoms. The van der Waals surface area contributed by atoms with Crippen molar-refractivity contribution in [2.45, 2.75) is 30.6 Å². The number of hydrogen-bond acceptors (Lipinski definition) is 7. The number of aromatic amines is 1. The number of hydrogen-bond donors (Lipinski definition) is 1. The average molecular weight is 455 g/mol. The maximum atomic E-state index is 12.9. The van der Waals surface area contributed by atoms with Crippen LogP contribution in [0.15, 0.2) is 35.5 Å². The number of sulfone groups is 1. The van der Waals surface area contributed by atoms with Crippen LogP contribution in [-0.2, 0) is 14.6 Å². The summed E-state index contributed by atoms with van der Waals surface area (Å²) in [4.78, 5) is 33.7. The van der Waals surface area contributed by atoms with Crippen LogP contribution in [0.2, 0.25) is 0 Å². The Morgan fingerprint density at radius 1 is 1.09 bits per heavy atom. The molecule has 5 heterocycles. The Balaban J connectivity index is 1.39. The van der Waals surface area contributed by atoms with Crippen molar-refractivity contribution in [2.75, 3.05) is 37.3 Å². The Kier molecular flexibility index (Phi) is 5.32. The van der Waals surface area contributed by atoms with Crippen molar-refractivity contribution in [1.82, 2.24) is 24.8 Å². The molecule has 1 N–H and O–H groups in total. The Labute approximate surface area is 186 Å². The molecule has 1 amide bonds. The number of anilines is 1. The van der Waals surface area contributed by atoms with E-state index in [-0.39, 0.29) is 16.7 Å².